The van der Waals surface area contributed by atoms with E-state index in [4.69, 9.17) is 9.68 Å². The first-order chi connectivity index (χ1) is 17.5. The lowest BCUT2D eigenvalue weighted by Gasteiger charge is -2.29. The maximum atomic E-state index is 12.4. The SMILES string of the molecule is O=C(ONCCCCC1NC(=O)C(CCCCNOC(=O)c2ccccc2)NC1=O)c1ccccc1. The van der Waals surface area contributed by atoms with Crippen molar-refractivity contribution in [1.29, 1.82) is 0 Å². The number of amides is 2. The predicted molar refractivity (Wildman–Crippen MR) is 131 cm³/mol. The van der Waals surface area contributed by atoms with E-state index in [1.54, 1.807) is 48.5 Å². The monoisotopic (exact) mass is 496 g/mol. The van der Waals surface area contributed by atoms with Gasteiger partial charge in [0, 0.05) is 13.1 Å². The summed E-state index contributed by atoms with van der Waals surface area (Å²) in [5.74, 6) is -1.30. The van der Waals surface area contributed by atoms with Crippen molar-refractivity contribution in [2.75, 3.05) is 13.1 Å². The van der Waals surface area contributed by atoms with Crippen molar-refractivity contribution in [3.05, 3.63) is 71.8 Å². The van der Waals surface area contributed by atoms with Crippen LogP contribution in [0.2, 0.25) is 0 Å². The van der Waals surface area contributed by atoms with Gasteiger partial charge in [0.05, 0.1) is 11.1 Å². The Morgan fingerprint density at radius 3 is 1.42 bits per heavy atom. The van der Waals surface area contributed by atoms with Gasteiger partial charge in [-0.1, -0.05) is 36.4 Å². The average molecular weight is 497 g/mol. The highest BCUT2D eigenvalue weighted by molar-refractivity contribution is 5.96. The lowest BCUT2D eigenvalue weighted by molar-refractivity contribution is -0.137. The molecule has 0 bridgehead atoms. The van der Waals surface area contributed by atoms with Gasteiger partial charge >= 0.3 is 11.9 Å². The maximum Gasteiger partial charge on any atom is 0.356 e. The molecule has 0 saturated carbocycles. The Labute approximate surface area is 210 Å². The molecule has 4 N–H and O–H groups in total. The van der Waals surface area contributed by atoms with Gasteiger partial charge in [-0.15, -0.1) is 0 Å². The molecule has 0 aliphatic carbocycles. The standard InChI is InChI=1S/C26H32N4O6/c31-23-21(15-7-9-17-27-35-25(33)19-11-3-1-4-12-19)29-24(32)22(30-23)16-8-10-18-28-36-26(34)20-13-5-2-6-14-20/h1-6,11-14,21-22,27-28H,7-10,15-18H2,(H,29,32)(H,30,31). The Morgan fingerprint density at radius 1 is 0.639 bits per heavy atom. The zero-order valence-corrected chi connectivity index (χ0v) is 20.0. The van der Waals surface area contributed by atoms with E-state index in [0.717, 1.165) is 0 Å². The van der Waals surface area contributed by atoms with Crippen LogP contribution in [0.1, 0.15) is 59.2 Å². The van der Waals surface area contributed by atoms with Crippen LogP contribution in [0.3, 0.4) is 0 Å². The fourth-order valence-corrected chi connectivity index (χ4v) is 3.67. The molecule has 36 heavy (non-hydrogen) atoms. The molecule has 2 atom stereocenters. The molecule has 0 aromatic heterocycles. The number of hydrogen-bond donors (Lipinski definition) is 4. The highest BCUT2D eigenvalue weighted by Gasteiger charge is 2.32. The van der Waals surface area contributed by atoms with E-state index in [9.17, 15) is 19.2 Å². The Balaban J connectivity index is 1.22. The Hall–Kier alpha value is -3.76. The zero-order valence-electron chi connectivity index (χ0n) is 20.0. The zero-order chi connectivity index (χ0) is 25.6. The van der Waals surface area contributed by atoms with Crippen molar-refractivity contribution in [3.63, 3.8) is 0 Å². The van der Waals surface area contributed by atoms with Crippen LogP contribution in [0.15, 0.2) is 60.7 Å². The fraction of sp³-hybridized carbons (Fsp3) is 0.385. The molecule has 1 aliphatic rings. The van der Waals surface area contributed by atoms with Crippen LogP contribution < -0.4 is 21.6 Å². The molecule has 3 rings (SSSR count). The van der Waals surface area contributed by atoms with Gasteiger partial charge in [-0.25, -0.2) is 9.59 Å². The highest BCUT2D eigenvalue weighted by Crippen LogP contribution is 2.10. The third-order valence-electron chi connectivity index (χ3n) is 5.66. The van der Waals surface area contributed by atoms with E-state index in [-0.39, 0.29) is 11.8 Å². The minimum atomic E-state index is -0.570. The van der Waals surface area contributed by atoms with E-state index in [1.807, 2.05) is 12.1 Å². The van der Waals surface area contributed by atoms with Crippen molar-refractivity contribution in [2.45, 2.75) is 50.6 Å². The number of rotatable bonds is 14. The molecule has 10 nitrogen and oxygen atoms in total. The minimum Gasteiger partial charge on any atom is -0.367 e. The second-order valence-electron chi connectivity index (χ2n) is 8.41. The van der Waals surface area contributed by atoms with E-state index in [2.05, 4.69) is 21.6 Å². The number of unbranched alkanes of at least 4 members (excludes halogenated alkanes) is 2. The largest absolute Gasteiger partial charge is 0.367 e. The van der Waals surface area contributed by atoms with Crippen molar-refractivity contribution >= 4 is 23.8 Å². The number of nitrogens with one attached hydrogen (secondary N) is 4. The first-order valence-electron chi connectivity index (χ1n) is 12.1. The van der Waals surface area contributed by atoms with Crippen molar-refractivity contribution in [2.24, 2.45) is 0 Å². The van der Waals surface area contributed by atoms with E-state index in [1.165, 1.54) is 0 Å². The summed E-state index contributed by atoms with van der Waals surface area (Å²) in [7, 11) is 0. The number of benzene rings is 2. The van der Waals surface area contributed by atoms with Gasteiger partial charge in [-0.3, -0.25) is 9.59 Å². The molecule has 0 radical (unpaired) electrons. The number of piperazine rings is 1. The molecule has 2 unspecified atom stereocenters. The van der Waals surface area contributed by atoms with E-state index < -0.39 is 24.0 Å². The van der Waals surface area contributed by atoms with Crippen LogP contribution >= 0.6 is 0 Å². The van der Waals surface area contributed by atoms with Gasteiger partial charge < -0.3 is 20.3 Å². The maximum absolute atomic E-state index is 12.4. The molecule has 2 amide bonds. The minimum absolute atomic E-state index is 0.196. The normalized spacial score (nSPS) is 17.1. The van der Waals surface area contributed by atoms with E-state index in [0.29, 0.717) is 62.7 Å². The highest BCUT2D eigenvalue weighted by atomic mass is 16.7. The van der Waals surface area contributed by atoms with E-state index >= 15 is 0 Å². The molecule has 192 valence electrons. The summed E-state index contributed by atoms with van der Waals surface area (Å²) >= 11 is 0. The summed E-state index contributed by atoms with van der Waals surface area (Å²) < 4.78 is 0. The van der Waals surface area contributed by atoms with Crippen LogP contribution in [0, 0.1) is 0 Å². The van der Waals surface area contributed by atoms with Gasteiger partial charge in [-0.2, -0.15) is 11.0 Å². The van der Waals surface area contributed by atoms with Gasteiger partial charge in [0.1, 0.15) is 12.1 Å². The van der Waals surface area contributed by atoms with Crippen molar-refractivity contribution in [1.82, 2.24) is 21.6 Å². The van der Waals surface area contributed by atoms with Gasteiger partial charge in [0.25, 0.3) is 0 Å². The first-order valence-corrected chi connectivity index (χ1v) is 12.1. The Morgan fingerprint density at radius 2 is 1.03 bits per heavy atom. The summed E-state index contributed by atoms with van der Waals surface area (Å²) in [6.07, 6.45) is 3.68. The molecule has 1 heterocycles. The molecule has 2 aromatic rings. The summed E-state index contributed by atoms with van der Waals surface area (Å²) in [4.78, 5) is 58.4. The third kappa shape index (κ3) is 8.79. The topological polar surface area (TPSA) is 135 Å². The van der Waals surface area contributed by atoms with Crippen LogP contribution in [-0.4, -0.2) is 48.9 Å². The molecule has 1 aliphatic heterocycles. The number of carbonyl (C=O) groups is 4. The van der Waals surface area contributed by atoms with Crippen LogP contribution in [0.5, 0.6) is 0 Å². The molecule has 1 saturated heterocycles. The molecular formula is C26H32N4O6. The van der Waals surface area contributed by atoms with Crippen molar-refractivity contribution < 1.29 is 28.9 Å². The molecule has 2 aromatic carbocycles. The summed E-state index contributed by atoms with van der Waals surface area (Å²) in [5, 5.41) is 5.58. The second kappa shape index (κ2) is 14.6. The first kappa shape index (κ1) is 26.8. The third-order valence-corrected chi connectivity index (χ3v) is 5.66. The fourth-order valence-electron chi connectivity index (χ4n) is 3.67. The lowest BCUT2D eigenvalue weighted by Crippen LogP contribution is -2.61. The van der Waals surface area contributed by atoms with Gasteiger partial charge in [0.2, 0.25) is 11.8 Å². The second-order valence-corrected chi connectivity index (χ2v) is 8.41. The number of hydrogen-bond acceptors (Lipinski definition) is 8. The summed E-state index contributed by atoms with van der Waals surface area (Å²) in [5.41, 5.74) is 6.18. The molecule has 0 spiro atoms. The van der Waals surface area contributed by atoms with Gasteiger partial charge in [-0.05, 0) is 62.8 Å². The summed E-state index contributed by atoms with van der Waals surface area (Å²) in [6, 6.07) is 16.2. The number of carbonyl (C=O) groups excluding carboxylic acids is 4. The molecular weight excluding hydrogens is 464 g/mol. The lowest BCUT2D eigenvalue weighted by atomic mass is 10.0. The van der Waals surface area contributed by atoms with Crippen molar-refractivity contribution in [3.8, 4) is 0 Å². The van der Waals surface area contributed by atoms with Crippen LogP contribution in [-0.2, 0) is 19.3 Å². The predicted octanol–water partition coefficient (Wildman–Crippen LogP) is 2.03. The van der Waals surface area contributed by atoms with Gasteiger partial charge in [0.15, 0.2) is 0 Å². The quantitative estimate of drug-likeness (QED) is 0.231. The summed E-state index contributed by atoms with van der Waals surface area (Å²) in [6.45, 7) is 0.885. The average Bonchev–Trinajstić information content (AvgIpc) is 2.91. The Kier molecular flexibility index (Phi) is 10.9. The Bertz CT molecular complexity index is 921. The molecule has 1 fully saturated rings. The smallest absolute Gasteiger partial charge is 0.356 e. The van der Waals surface area contributed by atoms with Crippen LogP contribution in [0.4, 0.5) is 0 Å². The molecule has 10 heteroatoms. The van der Waals surface area contributed by atoms with Crippen LogP contribution in [0.25, 0.3) is 0 Å². The number of hydroxylamine groups is 2.